The van der Waals surface area contributed by atoms with Gasteiger partial charge in [-0.05, 0) is 65.8 Å². The summed E-state index contributed by atoms with van der Waals surface area (Å²) in [7, 11) is 0. The summed E-state index contributed by atoms with van der Waals surface area (Å²) in [6.07, 6.45) is 5.39. The average molecular weight is 448 g/mol. The predicted octanol–water partition coefficient (Wildman–Crippen LogP) is 5.80. The minimum Gasteiger partial charge on any atom is -0.395 e. The zero-order chi connectivity index (χ0) is 22.5. The molecule has 166 valence electrons. The molecule has 1 heterocycles. The molecular formula is C28H30ClNO2. The van der Waals surface area contributed by atoms with Gasteiger partial charge in [0.25, 0.3) is 0 Å². The lowest BCUT2D eigenvalue weighted by molar-refractivity contribution is -0.0197. The number of likely N-dealkylation sites (tertiary alicyclic amines) is 1. The van der Waals surface area contributed by atoms with Crippen LogP contribution in [0.25, 0.3) is 23.3 Å². The summed E-state index contributed by atoms with van der Waals surface area (Å²) in [5.74, 6) is 0. The Balaban J connectivity index is 1.51. The SMILES string of the molecule is Cc1c(/C=C/c2ccc(CN3CCCC(O)C3CO)cc2Cl)cccc1-c1ccccc1. The van der Waals surface area contributed by atoms with Crippen molar-refractivity contribution in [1.82, 2.24) is 4.90 Å². The van der Waals surface area contributed by atoms with Gasteiger partial charge in [-0.2, -0.15) is 0 Å². The molecule has 1 fully saturated rings. The first kappa shape index (κ1) is 22.8. The second-order valence-electron chi connectivity index (χ2n) is 8.50. The number of nitrogens with zero attached hydrogens (tertiary/aromatic N) is 1. The van der Waals surface area contributed by atoms with E-state index in [-0.39, 0.29) is 12.6 Å². The molecule has 0 aliphatic carbocycles. The van der Waals surface area contributed by atoms with Crippen LogP contribution in [0.3, 0.4) is 0 Å². The van der Waals surface area contributed by atoms with Crippen LogP contribution in [0.2, 0.25) is 5.02 Å². The molecule has 0 aromatic heterocycles. The Labute approximate surface area is 195 Å². The van der Waals surface area contributed by atoms with Crippen LogP contribution in [0.15, 0.2) is 66.7 Å². The number of benzene rings is 3. The molecule has 0 bridgehead atoms. The van der Waals surface area contributed by atoms with Gasteiger partial charge in [0.05, 0.1) is 18.8 Å². The van der Waals surface area contributed by atoms with Crippen LogP contribution in [-0.2, 0) is 6.54 Å². The number of halogens is 1. The molecule has 1 aliphatic heterocycles. The van der Waals surface area contributed by atoms with Crippen molar-refractivity contribution >= 4 is 23.8 Å². The predicted molar refractivity (Wildman–Crippen MR) is 134 cm³/mol. The van der Waals surface area contributed by atoms with Gasteiger partial charge >= 0.3 is 0 Å². The highest BCUT2D eigenvalue weighted by Gasteiger charge is 2.29. The zero-order valence-corrected chi connectivity index (χ0v) is 19.2. The van der Waals surface area contributed by atoms with Gasteiger partial charge in [-0.25, -0.2) is 0 Å². The molecule has 0 radical (unpaired) electrons. The van der Waals surface area contributed by atoms with Crippen molar-refractivity contribution in [3.63, 3.8) is 0 Å². The van der Waals surface area contributed by atoms with Gasteiger partial charge in [0, 0.05) is 11.6 Å². The van der Waals surface area contributed by atoms with E-state index in [2.05, 4.69) is 72.5 Å². The van der Waals surface area contributed by atoms with E-state index in [4.69, 9.17) is 11.6 Å². The molecule has 4 rings (SSSR count). The first-order valence-electron chi connectivity index (χ1n) is 11.2. The maximum Gasteiger partial charge on any atom is 0.0718 e. The first-order valence-corrected chi connectivity index (χ1v) is 11.6. The van der Waals surface area contributed by atoms with Gasteiger partial charge in [0.1, 0.15) is 0 Å². The molecule has 1 saturated heterocycles. The van der Waals surface area contributed by atoms with Crippen molar-refractivity contribution in [3.05, 3.63) is 94.0 Å². The van der Waals surface area contributed by atoms with Gasteiger partial charge in [-0.1, -0.05) is 84.4 Å². The highest BCUT2D eigenvalue weighted by Crippen LogP contribution is 2.28. The van der Waals surface area contributed by atoms with Gasteiger partial charge < -0.3 is 10.2 Å². The Hall–Kier alpha value is -2.43. The number of hydrogen-bond donors (Lipinski definition) is 2. The number of aliphatic hydroxyl groups excluding tert-OH is 2. The molecule has 1 aliphatic rings. The molecule has 0 saturated carbocycles. The van der Waals surface area contributed by atoms with E-state index < -0.39 is 6.10 Å². The van der Waals surface area contributed by atoms with Crippen molar-refractivity contribution in [1.29, 1.82) is 0 Å². The molecule has 2 N–H and O–H groups in total. The van der Waals surface area contributed by atoms with Gasteiger partial charge in [-0.15, -0.1) is 0 Å². The Bertz CT molecular complexity index is 1080. The molecular weight excluding hydrogens is 418 g/mol. The minimum absolute atomic E-state index is 0.0306. The quantitative estimate of drug-likeness (QED) is 0.469. The van der Waals surface area contributed by atoms with E-state index in [0.717, 1.165) is 30.5 Å². The van der Waals surface area contributed by atoms with Crippen LogP contribution in [0.1, 0.15) is 35.1 Å². The first-order chi connectivity index (χ1) is 15.6. The Morgan fingerprint density at radius 1 is 1.00 bits per heavy atom. The normalized spacial score (nSPS) is 19.5. The number of hydrogen-bond acceptors (Lipinski definition) is 3. The maximum atomic E-state index is 10.2. The molecule has 2 unspecified atom stereocenters. The third-order valence-electron chi connectivity index (χ3n) is 6.40. The molecule has 32 heavy (non-hydrogen) atoms. The van der Waals surface area contributed by atoms with Crippen molar-refractivity contribution in [3.8, 4) is 11.1 Å². The zero-order valence-electron chi connectivity index (χ0n) is 18.4. The second kappa shape index (κ2) is 10.5. The van der Waals surface area contributed by atoms with Crippen LogP contribution in [-0.4, -0.2) is 40.4 Å². The summed E-state index contributed by atoms with van der Waals surface area (Å²) in [5.41, 5.74) is 6.91. The van der Waals surface area contributed by atoms with Crippen LogP contribution in [0.5, 0.6) is 0 Å². The van der Waals surface area contributed by atoms with Crippen LogP contribution in [0, 0.1) is 6.92 Å². The largest absolute Gasteiger partial charge is 0.395 e. The fourth-order valence-electron chi connectivity index (χ4n) is 4.52. The van der Waals surface area contributed by atoms with Gasteiger partial charge in [0.15, 0.2) is 0 Å². The van der Waals surface area contributed by atoms with Crippen molar-refractivity contribution in [2.75, 3.05) is 13.2 Å². The molecule has 0 amide bonds. The summed E-state index contributed by atoms with van der Waals surface area (Å²) in [5, 5.41) is 20.5. The highest BCUT2D eigenvalue weighted by molar-refractivity contribution is 6.32. The Morgan fingerprint density at radius 3 is 2.53 bits per heavy atom. The fraction of sp³-hybridized carbons (Fsp3) is 0.286. The van der Waals surface area contributed by atoms with E-state index >= 15 is 0 Å². The summed E-state index contributed by atoms with van der Waals surface area (Å²) in [6, 6.07) is 22.7. The van der Waals surface area contributed by atoms with E-state index in [0.29, 0.717) is 11.6 Å². The van der Waals surface area contributed by atoms with Crippen LogP contribution >= 0.6 is 11.6 Å². The third kappa shape index (κ3) is 5.13. The molecule has 3 nitrogen and oxygen atoms in total. The molecule has 0 spiro atoms. The molecule has 4 heteroatoms. The fourth-order valence-corrected chi connectivity index (χ4v) is 4.79. The Kier molecular flexibility index (Phi) is 7.44. The Morgan fingerprint density at radius 2 is 1.78 bits per heavy atom. The number of rotatable bonds is 6. The number of aliphatic hydroxyl groups is 2. The van der Waals surface area contributed by atoms with E-state index in [1.165, 1.54) is 22.3 Å². The van der Waals surface area contributed by atoms with Crippen LogP contribution in [0.4, 0.5) is 0 Å². The van der Waals surface area contributed by atoms with Crippen molar-refractivity contribution in [2.45, 2.75) is 38.5 Å². The third-order valence-corrected chi connectivity index (χ3v) is 6.73. The second-order valence-corrected chi connectivity index (χ2v) is 8.91. The number of piperidine rings is 1. The minimum atomic E-state index is -0.471. The standard InChI is InChI=1S/C28H30ClNO2/c1-20-22(9-5-10-25(20)23-7-3-2-4-8-23)14-15-24-13-12-21(17-26(24)29)18-30-16-6-11-28(32)27(30)19-31/h2-5,7-10,12-15,17,27-28,31-32H,6,11,16,18-19H2,1H3/b15-14+. The lowest BCUT2D eigenvalue weighted by atomic mass is 9.96. The molecule has 3 aromatic rings. The average Bonchev–Trinajstić information content (AvgIpc) is 2.80. The topological polar surface area (TPSA) is 43.7 Å². The molecule has 3 aromatic carbocycles. The van der Waals surface area contributed by atoms with E-state index in [9.17, 15) is 10.2 Å². The summed E-state index contributed by atoms with van der Waals surface area (Å²) in [6.45, 7) is 3.66. The lowest BCUT2D eigenvalue weighted by Gasteiger charge is -2.38. The van der Waals surface area contributed by atoms with Crippen LogP contribution < -0.4 is 0 Å². The maximum absolute atomic E-state index is 10.2. The van der Waals surface area contributed by atoms with Crippen molar-refractivity contribution < 1.29 is 10.2 Å². The molecule has 2 atom stereocenters. The monoisotopic (exact) mass is 447 g/mol. The highest BCUT2D eigenvalue weighted by atomic mass is 35.5. The van der Waals surface area contributed by atoms with E-state index in [1.54, 1.807) is 0 Å². The van der Waals surface area contributed by atoms with E-state index in [1.807, 2.05) is 18.2 Å². The van der Waals surface area contributed by atoms with Gasteiger partial charge in [-0.3, -0.25) is 4.90 Å². The lowest BCUT2D eigenvalue weighted by Crippen LogP contribution is -2.49. The summed E-state index contributed by atoms with van der Waals surface area (Å²) < 4.78 is 0. The van der Waals surface area contributed by atoms with Gasteiger partial charge in [0.2, 0.25) is 0 Å². The smallest absolute Gasteiger partial charge is 0.0718 e. The van der Waals surface area contributed by atoms with Crippen molar-refractivity contribution in [2.24, 2.45) is 0 Å². The summed E-state index contributed by atoms with van der Waals surface area (Å²) >= 11 is 6.61. The summed E-state index contributed by atoms with van der Waals surface area (Å²) in [4.78, 5) is 2.15.